The highest BCUT2D eigenvalue weighted by Gasteiger charge is 2.37. The Bertz CT molecular complexity index is 1070. The van der Waals surface area contributed by atoms with Crippen LogP contribution >= 0.6 is 0 Å². The fraction of sp³-hybridized carbons (Fsp3) is 0.450. The Labute approximate surface area is 163 Å². The highest BCUT2D eigenvalue weighted by atomic mass is 16.5. The number of anilines is 2. The van der Waals surface area contributed by atoms with E-state index in [0.717, 1.165) is 22.2 Å². The SMILES string of the molecule is [2H]C1([2H])COCC([2H])([2H])N1c1cc(=O)[nH]c(CC(=O)N2CC(C)(C)c3ccccc32)n1. The van der Waals surface area contributed by atoms with Crippen molar-refractivity contribution >= 4 is 17.4 Å². The third kappa shape index (κ3) is 3.47. The fourth-order valence-electron chi connectivity index (χ4n) is 3.49. The normalized spacial score (nSPS) is 24.4. The second-order valence-corrected chi connectivity index (χ2v) is 7.25. The molecule has 4 rings (SSSR count). The maximum Gasteiger partial charge on any atom is 0.252 e. The lowest BCUT2D eigenvalue weighted by Gasteiger charge is -2.27. The number of morpholine rings is 1. The predicted octanol–water partition coefficient (Wildman–Crippen LogP) is 1.47. The molecule has 0 aliphatic carbocycles. The van der Waals surface area contributed by atoms with Crippen molar-refractivity contribution in [2.45, 2.75) is 25.7 Å². The quantitative estimate of drug-likeness (QED) is 0.883. The van der Waals surface area contributed by atoms with Gasteiger partial charge in [0.05, 0.1) is 25.1 Å². The number of carbonyl (C=O) groups is 1. The number of ether oxygens (including phenoxy) is 1. The first-order valence-electron chi connectivity index (χ1n) is 10.8. The molecule has 0 radical (unpaired) electrons. The van der Waals surface area contributed by atoms with Gasteiger partial charge in [-0.05, 0) is 11.6 Å². The van der Waals surface area contributed by atoms with Gasteiger partial charge in [-0.2, -0.15) is 0 Å². The van der Waals surface area contributed by atoms with Gasteiger partial charge in [0.15, 0.2) is 0 Å². The number of aromatic amines is 1. The average molecular weight is 372 g/mol. The van der Waals surface area contributed by atoms with Crippen LogP contribution in [0.2, 0.25) is 0 Å². The smallest absolute Gasteiger partial charge is 0.252 e. The molecule has 1 aromatic carbocycles. The zero-order chi connectivity index (χ0) is 22.6. The van der Waals surface area contributed by atoms with Crippen LogP contribution in [-0.4, -0.2) is 48.6 Å². The minimum atomic E-state index is -2.21. The lowest BCUT2D eigenvalue weighted by molar-refractivity contribution is -0.118. The van der Waals surface area contributed by atoms with Crippen LogP contribution in [0.1, 0.15) is 30.7 Å². The van der Waals surface area contributed by atoms with E-state index in [2.05, 4.69) is 23.8 Å². The van der Waals surface area contributed by atoms with Crippen molar-refractivity contribution in [2.75, 3.05) is 42.6 Å². The van der Waals surface area contributed by atoms with Gasteiger partial charge in [0.2, 0.25) is 5.91 Å². The summed E-state index contributed by atoms with van der Waals surface area (Å²) in [7, 11) is 0. The molecule has 1 amide bonds. The van der Waals surface area contributed by atoms with E-state index in [1.54, 1.807) is 4.90 Å². The maximum atomic E-state index is 13.1. The molecule has 0 atom stereocenters. The highest BCUT2D eigenvalue weighted by molar-refractivity contribution is 5.97. The van der Waals surface area contributed by atoms with E-state index >= 15 is 0 Å². The molecule has 2 aliphatic rings. The number of benzene rings is 1. The summed E-state index contributed by atoms with van der Waals surface area (Å²) in [5, 5.41) is 0. The molecule has 1 fully saturated rings. The van der Waals surface area contributed by atoms with Crippen molar-refractivity contribution in [3.63, 3.8) is 0 Å². The number of carbonyl (C=O) groups excluding carboxylic acids is 1. The summed E-state index contributed by atoms with van der Waals surface area (Å²) in [6.07, 6.45) is -0.205. The molecular weight excluding hydrogens is 344 g/mol. The molecule has 27 heavy (non-hydrogen) atoms. The second kappa shape index (κ2) is 6.81. The number of nitrogens with zero attached hydrogens (tertiary/aromatic N) is 3. The van der Waals surface area contributed by atoms with Crippen LogP contribution in [0.15, 0.2) is 35.1 Å². The Morgan fingerprint density at radius 2 is 2.07 bits per heavy atom. The summed E-state index contributed by atoms with van der Waals surface area (Å²) >= 11 is 0. The lowest BCUT2D eigenvalue weighted by Crippen LogP contribution is -2.38. The lowest BCUT2D eigenvalue weighted by atomic mass is 9.87. The Hall–Kier alpha value is -2.67. The number of hydrogen-bond donors (Lipinski definition) is 1. The molecular formula is C20H24N4O3. The van der Waals surface area contributed by atoms with Crippen LogP contribution in [0.3, 0.4) is 0 Å². The first-order valence-corrected chi connectivity index (χ1v) is 8.79. The standard InChI is InChI=1S/C20H24N4O3/c1-20(2)13-24(15-6-4-3-5-14(15)20)19(26)11-16-21-17(12-18(25)22-16)23-7-9-27-10-8-23/h3-6,12H,7-11,13H2,1-2H3,(H,21,22,25)/i7D2,8D2. The van der Waals surface area contributed by atoms with Crippen LogP contribution in [0.5, 0.6) is 0 Å². The zero-order valence-electron chi connectivity index (χ0n) is 19.3. The van der Waals surface area contributed by atoms with Crippen molar-refractivity contribution in [1.29, 1.82) is 0 Å². The third-order valence-corrected chi connectivity index (χ3v) is 4.75. The minimum Gasteiger partial charge on any atom is -0.378 e. The molecule has 0 spiro atoms. The average Bonchev–Trinajstić information content (AvgIpc) is 2.91. The van der Waals surface area contributed by atoms with Crippen LogP contribution in [0.4, 0.5) is 11.5 Å². The molecule has 7 heteroatoms. The molecule has 3 heterocycles. The van der Waals surface area contributed by atoms with Gasteiger partial charge in [-0.15, -0.1) is 0 Å². The van der Waals surface area contributed by atoms with Gasteiger partial charge in [-0.1, -0.05) is 32.0 Å². The van der Waals surface area contributed by atoms with E-state index in [1.807, 2.05) is 24.3 Å². The van der Waals surface area contributed by atoms with E-state index in [9.17, 15) is 9.59 Å². The second-order valence-electron chi connectivity index (χ2n) is 7.25. The molecule has 1 aromatic heterocycles. The third-order valence-electron chi connectivity index (χ3n) is 4.75. The summed E-state index contributed by atoms with van der Waals surface area (Å²) in [5.74, 6) is -0.383. The Morgan fingerprint density at radius 3 is 2.85 bits per heavy atom. The monoisotopic (exact) mass is 372 g/mol. The summed E-state index contributed by atoms with van der Waals surface area (Å²) in [5.41, 5.74) is 1.08. The highest BCUT2D eigenvalue weighted by Crippen LogP contribution is 2.40. The van der Waals surface area contributed by atoms with E-state index in [0.29, 0.717) is 6.54 Å². The molecule has 0 unspecified atom stereocenters. The van der Waals surface area contributed by atoms with Gasteiger partial charge in [0.1, 0.15) is 11.6 Å². The number of H-pyrrole nitrogens is 1. The van der Waals surface area contributed by atoms with Crippen molar-refractivity contribution in [3.05, 3.63) is 52.1 Å². The van der Waals surface area contributed by atoms with Crippen molar-refractivity contribution in [1.82, 2.24) is 9.97 Å². The summed E-state index contributed by atoms with van der Waals surface area (Å²) in [6, 6.07) is 8.70. The van der Waals surface area contributed by atoms with E-state index in [1.165, 1.54) is 0 Å². The fourth-order valence-corrected chi connectivity index (χ4v) is 3.49. The summed E-state index contributed by atoms with van der Waals surface area (Å²) < 4.78 is 37.5. The molecule has 1 N–H and O–H groups in total. The molecule has 142 valence electrons. The van der Waals surface area contributed by atoms with E-state index in [4.69, 9.17) is 10.2 Å². The molecule has 1 saturated heterocycles. The number of amides is 1. The number of para-hydroxylation sites is 1. The van der Waals surface area contributed by atoms with Crippen LogP contribution < -0.4 is 15.4 Å². The largest absolute Gasteiger partial charge is 0.378 e. The molecule has 0 bridgehead atoms. The van der Waals surface area contributed by atoms with Crippen LogP contribution in [0.25, 0.3) is 0 Å². The van der Waals surface area contributed by atoms with Gasteiger partial charge in [-0.3, -0.25) is 9.59 Å². The summed E-state index contributed by atoms with van der Waals surface area (Å²) in [6.45, 7) is -0.540. The van der Waals surface area contributed by atoms with Crippen molar-refractivity contribution < 1.29 is 15.0 Å². The van der Waals surface area contributed by atoms with E-state index < -0.39 is 18.6 Å². The van der Waals surface area contributed by atoms with Crippen molar-refractivity contribution in [2.24, 2.45) is 0 Å². The molecule has 2 aliphatic heterocycles. The number of rotatable bonds is 3. The minimum absolute atomic E-state index is 0.0489. The first kappa shape index (κ1) is 13.5. The molecule has 7 nitrogen and oxygen atoms in total. The Balaban J connectivity index is 1.65. The van der Waals surface area contributed by atoms with Gasteiger partial charge in [-0.25, -0.2) is 4.98 Å². The number of nitrogens with one attached hydrogen (secondary N) is 1. The van der Waals surface area contributed by atoms with Gasteiger partial charge >= 0.3 is 0 Å². The van der Waals surface area contributed by atoms with Crippen molar-refractivity contribution in [3.8, 4) is 0 Å². The van der Waals surface area contributed by atoms with Gasteiger partial charge < -0.3 is 19.5 Å². The number of aromatic nitrogens is 2. The maximum absolute atomic E-state index is 13.1. The van der Waals surface area contributed by atoms with Gasteiger partial charge in [0.25, 0.3) is 5.56 Å². The van der Waals surface area contributed by atoms with Gasteiger partial charge in [0, 0.05) is 36.7 Å². The van der Waals surface area contributed by atoms with E-state index in [-0.39, 0.29) is 42.6 Å². The van der Waals surface area contributed by atoms with Crippen LogP contribution in [0, 0.1) is 0 Å². The zero-order valence-corrected chi connectivity index (χ0v) is 15.3. The topological polar surface area (TPSA) is 78.5 Å². The summed E-state index contributed by atoms with van der Waals surface area (Å²) in [4.78, 5) is 34.6. The first-order chi connectivity index (χ1) is 14.4. The molecule has 0 saturated carbocycles. The molecule has 2 aromatic rings. The number of hydrogen-bond acceptors (Lipinski definition) is 5. The number of fused-ring (bicyclic) bond motifs is 1. The predicted molar refractivity (Wildman–Crippen MR) is 103 cm³/mol. The van der Waals surface area contributed by atoms with Crippen LogP contribution in [-0.2, 0) is 21.4 Å². The Morgan fingerprint density at radius 1 is 1.33 bits per heavy atom. The Kier molecular flexibility index (Phi) is 3.40.